The molecule has 1 atom stereocenters. The average Bonchev–Trinajstić information content (AvgIpc) is 2.36. The van der Waals surface area contributed by atoms with Crippen molar-refractivity contribution in [1.29, 1.82) is 0 Å². The van der Waals surface area contributed by atoms with Crippen molar-refractivity contribution in [2.75, 3.05) is 0 Å². The van der Waals surface area contributed by atoms with Crippen molar-refractivity contribution >= 4 is 11.8 Å². The van der Waals surface area contributed by atoms with E-state index in [2.05, 4.69) is 0 Å². The summed E-state index contributed by atoms with van der Waals surface area (Å²) >= 11 is 1.04. The molecular formula is C14H12F3NS. The van der Waals surface area contributed by atoms with Crippen LogP contribution in [0.2, 0.25) is 0 Å². The summed E-state index contributed by atoms with van der Waals surface area (Å²) in [6.07, 6.45) is 0. The number of benzene rings is 2. The third-order valence-corrected chi connectivity index (χ3v) is 3.64. The van der Waals surface area contributed by atoms with E-state index in [-0.39, 0.29) is 6.04 Å². The molecule has 100 valence electrons. The van der Waals surface area contributed by atoms with E-state index >= 15 is 0 Å². The van der Waals surface area contributed by atoms with Gasteiger partial charge in [0.15, 0.2) is 11.6 Å². The number of nitrogens with two attached hydrogens (primary N) is 1. The molecule has 1 nitrogen and oxygen atoms in total. The molecule has 2 aromatic carbocycles. The van der Waals surface area contributed by atoms with Gasteiger partial charge in [-0.2, -0.15) is 0 Å². The lowest BCUT2D eigenvalue weighted by Gasteiger charge is -2.08. The molecule has 0 radical (unpaired) electrons. The Morgan fingerprint density at radius 1 is 0.947 bits per heavy atom. The Morgan fingerprint density at radius 3 is 2.26 bits per heavy atom. The summed E-state index contributed by atoms with van der Waals surface area (Å²) in [7, 11) is 0. The molecule has 0 amide bonds. The maximum absolute atomic E-state index is 13.8. The topological polar surface area (TPSA) is 26.0 Å². The highest BCUT2D eigenvalue weighted by Crippen LogP contribution is 2.31. The van der Waals surface area contributed by atoms with Crippen molar-refractivity contribution in [1.82, 2.24) is 0 Å². The van der Waals surface area contributed by atoms with Gasteiger partial charge in [0, 0.05) is 15.8 Å². The van der Waals surface area contributed by atoms with E-state index in [0.29, 0.717) is 15.4 Å². The van der Waals surface area contributed by atoms with Crippen molar-refractivity contribution in [3.8, 4) is 0 Å². The largest absolute Gasteiger partial charge is 0.324 e. The van der Waals surface area contributed by atoms with Crippen LogP contribution in [0.25, 0.3) is 0 Å². The number of hydrogen-bond donors (Lipinski definition) is 1. The van der Waals surface area contributed by atoms with E-state index in [4.69, 9.17) is 5.73 Å². The SMILES string of the molecule is C[C@@H](N)c1ccc(Sc2ccc(F)c(F)c2)c(F)c1. The Balaban J connectivity index is 2.25. The zero-order valence-corrected chi connectivity index (χ0v) is 11.0. The highest BCUT2D eigenvalue weighted by Gasteiger charge is 2.09. The van der Waals surface area contributed by atoms with Crippen molar-refractivity contribution in [2.24, 2.45) is 5.73 Å². The van der Waals surface area contributed by atoms with Crippen LogP contribution >= 0.6 is 11.8 Å². The lowest BCUT2D eigenvalue weighted by atomic mass is 10.1. The average molecular weight is 283 g/mol. The summed E-state index contributed by atoms with van der Waals surface area (Å²) in [6.45, 7) is 1.76. The van der Waals surface area contributed by atoms with Gasteiger partial charge < -0.3 is 5.73 Å². The molecule has 0 aromatic heterocycles. The van der Waals surface area contributed by atoms with Crippen LogP contribution in [0, 0.1) is 17.5 Å². The summed E-state index contributed by atoms with van der Waals surface area (Å²) in [5.41, 5.74) is 6.34. The molecule has 0 unspecified atom stereocenters. The fraction of sp³-hybridized carbons (Fsp3) is 0.143. The van der Waals surface area contributed by atoms with Crippen molar-refractivity contribution < 1.29 is 13.2 Å². The van der Waals surface area contributed by atoms with Crippen LogP contribution in [0.4, 0.5) is 13.2 Å². The minimum atomic E-state index is -0.947. The van der Waals surface area contributed by atoms with Gasteiger partial charge in [0.25, 0.3) is 0 Å². The summed E-state index contributed by atoms with van der Waals surface area (Å²) in [4.78, 5) is 0.779. The molecule has 0 aliphatic rings. The van der Waals surface area contributed by atoms with Crippen LogP contribution in [0.5, 0.6) is 0 Å². The first-order chi connectivity index (χ1) is 8.97. The zero-order valence-electron chi connectivity index (χ0n) is 10.2. The molecule has 0 fully saturated rings. The molecule has 2 rings (SSSR count). The second-order valence-electron chi connectivity index (χ2n) is 4.16. The fourth-order valence-electron chi connectivity index (χ4n) is 1.55. The minimum absolute atomic E-state index is 0.253. The van der Waals surface area contributed by atoms with Gasteiger partial charge in [0.1, 0.15) is 5.82 Å². The predicted molar refractivity (Wildman–Crippen MR) is 69.5 cm³/mol. The standard InChI is InChI=1S/C14H12F3NS/c1-8(18)9-2-5-14(13(17)6-9)19-10-3-4-11(15)12(16)7-10/h2-8H,18H2,1H3/t8-/m1/s1. The molecule has 19 heavy (non-hydrogen) atoms. The third-order valence-electron chi connectivity index (χ3n) is 2.60. The van der Waals surface area contributed by atoms with Crippen LogP contribution in [0.1, 0.15) is 18.5 Å². The van der Waals surface area contributed by atoms with E-state index in [1.807, 2.05) is 0 Å². The van der Waals surface area contributed by atoms with Crippen molar-refractivity contribution in [3.63, 3.8) is 0 Å². The third kappa shape index (κ3) is 3.30. The molecule has 2 N–H and O–H groups in total. The summed E-state index contributed by atoms with van der Waals surface area (Å²) in [5.74, 6) is -2.29. The fourth-order valence-corrected chi connectivity index (χ4v) is 2.40. The molecule has 5 heteroatoms. The van der Waals surface area contributed by atoms with E-state index in [1.165, 1.54) is 12.1 Å². The van der Waals surface area contributed by atoms with Crippen LogP contribution in [-0.2, 0) is 0 Å². The molecule has 0 saturated carbocycles. The molecule has 2 aromatic rings. The second kappa shape index (κ2) is 5.67. The summed E-state index contributed by atoms with van der Waals surface area (Å²) < 4.78 is 39.7. The number of halogens is 3. The molecule has 0 saturated heterocycles. The van der Waals surface area contributed by atoms with Crippen LogP contribution in [0.15, 0.2) is 46.2 Å². The second-order valence-corrected chi connectivity index (χ2v) is 5.27. The van der Waals surface area contributed by atoms with E-state index in [1.54, 1.807) is 19.1 Å². The molecule has 0 spiro atoms. The van der Waals surface area contributed by atoms with Crippen molar-refractivity contribution in [3.05, 3.63) is 59.4 Å². The Kier molecular flexibility index (Phi) is 4.17. The Hall–Kier alpha value is -1.46. The first-order valence-electron chi connectivity index (χ1n) is 5.65. The van der Waals surface area contributed by atoms with Gasteiger partial charge >= 0.3 is 0 Å². The predicted octanol–water partition coefficient (Wildman–Crippen LogP) is 4.27. The van der Waals surface area contributed by atoms with Gasteiger partial charge in [0.2, 0.25) is 0 Å². The van der Waals surface area contributed by atoms with Gasteiger partial charge in [-0.1, -0.05) is 17.8 Å². The maximum atomic E-state index is 13.8. The van der Waals surface area contributed by atoms with E-state index < -0.39 is 17.5 Å². The normalized spacial score (nSPS) is 12.5. The summed E-state index contributed by atoms with van der Waals surface area (Å²) in [5, 5.41) is 0. The first-order valence-corrected chi connectivity index (χ1v) is 6.47. The molecule has 0 bridgehead atoms. The minimum Gasteiger partial charge on any atom is -0.324 e. The molecule has 0 heterocycles. The highest BCUT2D eigenvalue weighted by molar-refractivity contribution is 7.99. The lowest BCUT2D eigenvalue weighted by molar-refractivity contribution is 0.506. The van der Waals surface area contributed by atoms with Gasteiger partial charge in [-0.05, 0) is 42.8 Å². The van der Waals surface area contributed by atoms with Crippen molar-refractivity contribution in [2.45, 2.75) is 22.8 Å². The Bertz CT molecular complexity index is 599. The lowest BCUT2D eigenvalue weighted by Crippen LogP contribution is -2.05. The summed E-state index contributed by atoms with van der Waals surface area (Å²) in [6, 6.07) is 7.87. The van der Waals surface area contributed by atoms with Gasteiger partial charge in [-0.15, -0.1) is 0 Å². The molecule has 0 aliphatic carbocycles. The maximum Gasteiger partial charge on any atom is 0.159 e. The van der Waals surface area contributed by atoms with Gasteiger partial charge in [-0.3, -0.25) is 0 Å². The Morgan fingerprint density at radius 2 is 1.68 bits per heavy atom. The van der Waals surface area contributed by atoms with Gasteiger partial charge in [0.05, 0.1) is 0 Å². The molecule has 0 aliphatic heterocycles. The number of hydrogen-bond acceptors (Lipinski definition) is 2. The monoisotopic (exact) mass is 283 g/mol. The van der Waals surface area contributed by atoms with Crippen LogP contribution in [-0.4, -0.2) is 0 Å². The highest BCUT2D eigenvalue weighted by atomic mass is 32.2. The Labute approximate surface area is 113 Å². The van der Waals surface area contributed by atoms with E-state index in [9.17, 15) is 13.2 Å². The van der Waals surface area contributed by atoms with Crippen LogP contribution < -0.4 is 5.73 Å². The van der Waals surface area contributed by atoms with Crippen LogP contribution in [0.3, 0.4) is 0 Å². The molecular weight excluding hydrogens is 271 g/mol. The quantitative estimate of drug-likeness (QED) is 0.910. The number of rotatable bonds is 3. The first kappa shape index (κ1) is 14.0. The van der Waals surface area contributed by atoms with E-state index in [0.717, 1.165) is 23.9 Å². The smallest absolute Gasteiger partial charge is 0.159 e. The van der Waals surface area contributed by atoms with Gasteiger partial charge in [-0.25, -0.2) is 13.2 Å². The zero-order chi connectivity index (χ0) is 14.0.